The summed E-state index contributed by atoms with van der Waals surface area (Å²) in [6, 6.07) is 1.88. The third-order valence-electron chi connectivity index (χ3n) is 5.36. The largest absolute Gasteiger partial charge is 0.382 e. The lowest BCUT2D eigenvalue weighted by atomic mass is 9.95. The second kappa shape index (κ2) is 9.67. The van der Waals surface area contributed by atoms with Crippen molar-refractivity contribution in [3.05, 3.63) is 53.8 Å². The van der Waals surface area contributed by atoms with Gasteiger partial charge in [0.2, 0.25) is 0 Å². The number of pyridine rings is 1. The van der Waals surface area contributed by atoms with E-state index in [0.29, 0.717) is 31.1 Å². The van der Waals surface area contributed by atoms with Crippen LogP contribution in [0.5, 0.6) is 0 Å². The Hall–Kier alpha value is -3.30. The molecule has 2 aromatic heterocycles. The number of nitrogens with zero attached hydrogens (tertiary/aromatic N) is 4. The first-order valence-electron chi connectivity index (χ1n) is 10.5. The Morgan fingerprint density at radius 1 is 1.26 bits per heavy atom. The summed E-state index contributed by atoms with van der Waals surface area (Å²) in [6.07, 6.45) is 11.8. The van der Waals surface area contributed by atoms with Gasteiger partial charge in [-0.05, 0) is 37.4 Å². The van der Waals surface area contributed by atoms with Gasteiger partial charge in [0.15, 0.2) is 11.5 Å². The molecule has 0 bridgehead atoms. The highest BCUT2D eigenvalue weighted by atomic mass is 16.5. The summed E-state index contributed by atoms with van der Waals surface area (Å²) >= 11 is 0. The molecule has 1 aliphatic heterocycles. The zero-order chi connectivity index (χ0) is 21.6. The van der Waals surface area contributed by atoms with Crippen LogP contribution in [0, 0.1) is 0 Å². The lowest BCUT2D eigenvalue weighted by Gasteiger charge is -2.30. The van der Waals surface area contributed by atoms with E-state index in [-0.39, 0.29) is 11.5 Å². The number of carbonyl (C=O) groups excluding carboxylic acids is 1. The average molecular weight is 422 g/mol. The van der Waals surface area contributed by atoms with E-state index in [1.807, 2.05) is 6.07 Å². The van der Waals surface area contributed by atoms with E-state index >= 15 is 0 Å². The van der Waals surface area contributed by atoms with Crippen LogP contribution in [0.3, 0.4) is 0 Å². The number of nitrogens with two attached hydrogens (primary N) is 2. The predicted octanol–water partition coefficient (Wildman–Crippen LogP) is 2.00. The van der Waals surface area contributed by atoms with Gasteiger partial charge in [-0.15, -0.1) is 0 Å². The molecule has 0 spiro atoms. The molecule has 1 saturated heterocycles. The highest BCUT2D eigenvalue weighted by Crippen LogP contribution is 2.28. The van der Waals surface area contributed by atoms with Gasteiger partial charge >= 0.3 is 0 Å². The van der Waals surface area contributed by atoms with E-state index < -0.39 is 5.91 Å². The van der Waals surface area contributed by atoms with Gasteiger partial charge in [-0.2, -0.15) is 0 Å². The fourth-order valence-corrected chi connectivity index (χ4v) is 3.78. The van der Waals surface area contributed by atoms with Crippen molar-refractivity contribution in [2.75, 3.05) is 48.8 Å². The molecule has 0 saturated carbocycles. The van der Waals surface area contributed by atoms with Crippen molar-refractivity contribution in [3.8, 4) is 0 Å². The zero-order valence-corrected chi connectivity index (χ0v) is 17.4. The first-order chi connectivity index (χ1) is 15.2. The van der Waals surface area contributed by atoms with Crippen LogP contribution >= 0.6 is 0 Å². The van der Waals surface area contributed by atoms with Crippen molar-refractivity contribution < 1.29 is 9.53 Å². The molecular weight excluding hydrogens is 394 g/mol. The second-order valence-corrected chi connectivity index (χ2v) is 7.46. The molecule has 162 valence electrons. The molecule has 9 heteroatoms. The van der Waals surface area contributed by atoms with Gasteiger partial charge in [0, 0.05) is 19.3 Å². The topological polar surface area (TPSA) is 132 Å². The monoisotopic (exact) mass is 421 g/mol. The van der Waals surface area contributed by atoms with E-state index in [0.717, 1.165) is 43.6 Å². The number of rotatable bonds is 6. The minimum Gasteiger partial charge on any atom is -0.382 e. The van der Waals surface area contributed by atoms with Crippen molar-refractivity contribution in [3.63, 3.8) is 0 Å². The summed E-state index contributed by atoms with van der Waals surface area (Å²) in [5.74, 6) is -0.323. The molecule has 4 rings (SSSR count). The Morgan fingerprint density at radius 2 is 2.10 bits per heavy atom. The quantitative estimate of drug-likeness (QED) is 0.645. The van der Waals surface area contributed by atoms with E-state index in [2.05, 4.69) is 37.3 Å². The third-order valence-corrected chi connectivity index (χ3v) is 5.36. The Balaban J connectivity index is 1.57. The highest BCUT2D eigenvalue weighted by molar-refractivity contribution is 6.07. The van der Waals surface area contributed by atoms with Crippen LogP contribution in [-0.2, 0) is 4.74 Å². The molecule has 1 amide bonds. The van der Waals surface area contributed by atoms with Gasteiger partial charge in [-0.1, -0.05) is 17.7 Å². The number of hydrogen-bond acceptors (Lipinski definition) is 8. The third kappa shape index (κ3) is 4.89. The van der Waals surface area contributed by atoms with Crippen LogP contribution in [-0.4, -0.2) is 53.7 Å². The normalized spacial score (nSPS) is 16.5. The molecule has 0 unspecified atom stereocenters. The zero-order valence-electron chi connectivity index (χ0n) is 17.4. The van der Waals surface area contributed by atoms with Crippen molar-refractivity contribution in [1.82, 2.24) is 15.0 Å². The maximum Gasteiger partial charge on any atom is 0.278 e. The number of morpholine rings is 1. The summed E-state index contributed by atoms with van der Waals surface area (Å²) in [6.45, 7) is 3.37. The molecule has 0 atom stereocenters. The molecule has 1 fully saturated rings. The minimum absolute atomic E-state index is 0.0900. The number of ether oxygens (including phenoxy) is 1. The first-order valence-corrected chi connectivity index (χ1v) is 10.5. The summed E-state index contributed by atoms with van der Waals surface area (Å²) in [4.78, 5) is 28.2. The highest BCUT2D eigenvalue weighted by Gasteiger charge is 2.20. The van der Waals surface area contributed by atoms with Crippen LogP contribution in [0.2, 0.25) is 0 Å². The molecule has 0 radical (unpaired) electrons. The first kappa shape index (κ1) is 21.0. The maximum absolute atomic E-state index is 13.1. The van der Waals surface area contributed by atoms with E-state index in [9.17, 15) is 4.79 Å². The fourth-order valence-electron chi connectivity index (χ4n) is 3.78. The Labute approximate surface area is 181 Å². The van der Waals surface area contributed by atoms with Crippen LogP contribution < -0.4 is 21.7 Å². The summed E-state index contributed by atoms with van der Waals surface area (Å²) in [7, 11) is 0. The lowest BCUT2D eigenvalue weighted by Crippen LogP contribution is -2.36. The number of carbonyl (C=O) groups is 1. The smallest absolute Gasteiger partial charge is 0.278 e. The molecular formula is C22H27N7O2. The van der Waals surface area contributed by atoms with Gasteiger partial charge in [-0.25, -0.2) is 9.97 Å². The summed E-state index contributed by atoms with van der Waals surface area (Å²) in [5, 5.41) is 2.91. The number of nitrogens with one attached hydrogen (secondary N) is 1. The number of anilines is 3. The van der Waals surface area contributed by atoms with Gasteiger partial charge in [0.1, 0.15) is 0 Å². The van der Waals surface area contributed by atoms with Crippen molar-refractivity contribution >= 4 is 28.7 Å². The number of amides is 1. The Bertz CT molecular complexity index is 1010. The molecule has 1 aliphatic carbocycles. The second-order valence-electron chi connectivity index (χ2n) is 7.46. The van der Waals surface area contributed by atoms with E-state index in [1.165, 1.54) is 5.57 Å². The van der Waals surface area contributed by atoms with Gasteiger partial charge in [0.05, 0.1) is 42.7 Å². The van der Waals surface area contributed by atoms with Gasteiger partial charge < -0.3 is 26.4 Å². The van der Waals surface area contributed by atoms with Crippen molar-refractivity contribution in [2.45, 2.75) is 19.3 Å². The minimum atomic E-state index is -0.413. The molecule has 2 aliphatic rings. The molecule has 31 heavy (non-hydrogen) atoms. The number of nitrogen functional groups attached to an aromatic ring is 1. The summed E-state index contributed by atoms with van der Waals surface area (Å²) in [5.41, 5.74) is 16.1. The van der Waals surface area contributed by atoms with Gasteiger partial charge in [-0.3, -0.25) is 9.78 Å². The van der Waals surface area contributed by atoms with Crippen LogP contribution in [0.1, 0.15) is 35.4 Å². The molecule has 3 heterocycles. The standard InChI is InChI=1S/C22H27N7O2/c23-6-4-15-2-1-3-16(12-15)17-14-26-21(24)20(27-17)22(30)28-18-13-25-7-5-19(18)29-8-10-31-11-9-29/h2,5,7,12-14H,1,3-4,6,8-11,23H2,(H2,24,26)(H,28,30). The van der Waals surface area contributed by atoms with E-state index in [1.54, 1.807) is 18.6 Å². The SMILES string of the molecule is NCCC1=CCCC(c2cnc(N)c(C(=O)Nc3cnccc3N3CCOCC3)n2)=C1. The lowest BCUT2D eigenvalue weighted by molar-refractivity contribution is 0.102. The van der Waals surface area contributed by atoms with Crippen LogP contribution in [0.25, 0.3) is 5.57 Å². The van der Waals surface area contributed by atoms with Crippen molar-refractivity contribution in [1.29, 1.82) is 0 Å². The number of hydrogen-bond donors (Lipinski definition) is 3. The predicted molar refractivity (Wildman–Crippen MR) is 121 cm³/mol. The molecule has 9 nitrogen and oxygen atoms in total. The van der Waals surface area contributed by atoms with E-state index in [4.69, 9.17) is 16.2 Å². The number of aromatic nitrogens is 3. The number of allylic oxidation sites excluding steroid dienone is 3. The summed E-state index contributed by atoms with van der Waals surface area (Å²) < 4.78 is 5.43. The molecule has 5 N–H and O–H groups in total. The Morgan fingerprint density at radius 3 is 2.90 bits per heavy atom. The average Bonchev–Trinajstić information content (AvgIpc) is 2.81. The Kier molecular flexibility index (Phi) is 6.54. The molecule has 2 aromatic rings. The molecule has 0 aromatic carbocycles. The van der Waals surface area contributed by atoms with Gasteiger partial charge in [0.25, 0.3) is 5.91 Å². The van der Waals surface area contributed by atoms with Crippen LogP contribution in [0.4, 0.5) is 17.2 Å². The van der Waals surface area contributed by atoms with Crippen LogP contribution in [0.15, 0.2) is 42.4 Å². The maximum atomic E-state index is 13.1. The fraction of sp³-hybridized carbons (Fsp3) is 0.364. The van der Waals surface area contributed by atoms with Crippen molar-refractivity contribution in [2.24, 2.45) is 5.73 Å².